The number of likely N-dealkylation sites (tertiary alicyclic amines) is 1. The van der Waals surface area contributed by atoms with Crippen molar-refractivity contribution in [1.82, 2.24) is 19.6 Å². The molecule has 0 N–H and O–H groups in total. The van der Waals surface area contributed by atoms with E-state index < -0.39 is 19.0 Å². The van der Waals surface area contributed by atoms with Gasteiger partial charge >= 0.3 is 0 Å². The first-order chi connectivity index (χ1) is 10.9. The number of fused-ring (bicyclic) bond motifs is 1. The van der Waals surface area contributed by atoms with Crippen molar-refractivity contribution in [2.45, 2.75) is 24.9 Å². The van der Waals surface area contributed by atoms with Crippen LogP contribution in [0.15, 0.2) is 12.3 Å². The molecular formula is C14H18F2N4O3. The topological polar surface area (TPSA) is 67.7 Å². The fourth-order valence-electron chi connectivity index (χ4n) is 2.96. The zero-order valence-corrected chi connectivity index (χ0v) is 12.7. The predicted molar refractivity (Wildman–Crippen MR) is 74.7 cm³/mol. The Balaban J connectivity index is 1.68. The Bertz CT molecular complexity index is 611. The number of ether oxygens (including phenoxy) is 1. The predicted octanol–water partition coefficient (Wildman–Crippen LogP) is 0.280. The monoisotopic (exact) mass is 328 g/mol. The molecule has 0 radical (unpaired) electrons. The number of carbonyl (C=O) groups is 2. The van der Waals surface area contributed by atoms with Crippen molar-refractivity contribution in [3.05, 3.63) is 18.0 Å². The van der Waals surface area contributed by atoms with Crippen LogP contribution in [0.2, 0.25) is 0 Å². The SMILES string of the molecule is COCC(=O)N1Cc2ccnn2[C@H](CC(=O)N2CC(F)(F)C2)C1. The van der Waals surface area contributed by atoms with Gasteiger partial charge in [-0.05, 0) is 6.07 Å². The van der Waals surface area contributed by atoms with Crippen molar-refractivity contribution < 1.29 is 23.1 Å². The number of carbonyl (C=O) groups excluding carboxylic acids is 2. The normalized spacial score (nSPS) is 22.5. The van der Waals surface area contributed by atoms with E-state index in [1.165, 1.54) is 7.11 Å². The first-order valence-corrected chi connectivity index (χ1v) is 7.34. The van der Waals surface area contributed by atoms with Gasteiger partial charge in [-0.2, -0.15) is 5.10 Å². The van der Waals surface area contributed by atoms with Gasteiger partial charge in [0.25, 0.3) is 5.92 Å². The van der Waals surface area contributed by atoms with Crippen LogP contribution in [0.1, 0.15) is 18.2 Å². The minimum absolute atomic E-state index is 0.0346. The summed E-state index contributed by atoms with van der Waals surface area (Å²) >= 11 is 0. The van der Waals surface area contributed by atoms with Crippen LogP contribution >= 0.6 is 0 Å². The molecule has 7 nitrogen and oxygen atoms in total. The number of hydrogen-bond acceptors (Lipinski definition) is 4. The van der Waals surface area contributed by atoms with Gasteiger partial charge in [0, 0.05) is 19.9 Å². The summed E-state index contributed by atoms with van der Waals surface area (Å²) < 4.78 is 32.3. The Morgan fingerprint density at radius 3 is 2.74 bits per heavy atom. The number of alkyl halides is 2. The number of hydrogen-bond donors (Lipinski definition) is 0. The highest BCUT2D eigenvalue weighted by molar-refractivity contribution is 5.79. The van der Waals surface area contributed by atoms with Crippen LogP contribution in [0.4, 0.5) is 8.78 Å². The molecule has 1 aromatic rings. The summed E-state index contributed by atoms with van der Waals surface area (Å²) in [5.74, 6) is -3.30. The molecular weight excluding hydrogens is 310 g/mol. The summed E-state index contributed by atoms with van der Waals surface area (Å²) in [6, 6.07) is 1.43. The van der Waals surface area contributed by atoms with Crippen LogP contribution < -0.4 is 0 Å². The quantitative estimate of drug-likeness (QED) is 0.796. The van der Waals surface area contributed by atoms with E-state index >= 15 is 0 Å². The molecule has 3 heterocycles. The van der Waals surface area contributed by atoms with Gasteiger partial charge in [0.1, 0.15) is 6.61 Å². The molecule has 1 fully saturated rings. The third kappa shape index (κ3) is 3.19. The summed E-state index contributed by atoms with van der Waals surface area (Å²) in [6.07, 6.45) is 1.65. The van der Waals surface area contributed by atoms with Gasteiger partial charge in [-0.15, -0.1) is 0 Å². The van der Waals surface area contributed by atoms with Crippen molar-refractivity contribution in [3.63, 3.8) is 0 Å². The highest BCUT2D eigenvalue weighted by atomic mass is 19.3. The first-order valence-electron chi connectivity index (χ1n) is 7.34. The molecule has 0 spiro atoms. The van der Waals surface area contributed by atoms with E-state index in [1.807, 2.05) is 0 Å². The van der Waals surface area contributed by atoms with Gasteiger partial charge in [0.15, 0.2) is 0 Å². The molecule has 23 heavy (non-hydrogen) atoms. The van der Waals surface area contributed by atoms with E-state index in [9.17, 15) is 18.4 Å². The molecule has 2 amide bonds. The second-order valence-corrected chi connectivity index (χ2v) is 5.94. The average Bonchev–Trinajstić information content (AvgIpc) is 2.93. The summed E-state index contributed by atoms with van der Waals surface area (Å²) in [5, 5.41) is 4.19. The Morgan fingerprint density at radius 1 is 1.35 bits per heavy atom. The molecule has 1 aromatic heterocycles. The Labute approximate surface area is 131 Å². The zero-order valence-electron chi connectivity index (χ0n) is 12.7. The highest BCUT2D eigenvalue weighted by Crippen LogP contribution is 2.29. The third-order valence-corrected chi connectivity index (χ3v) is 4.11. The zero-order chi connectivity index (χ0) is 16.6. The molecule has 2 aliphatic heterocycles. The van der Waals surface area contributed by atoms with E-state index in [4.69, 9.17) is 4.74 Å². The van der Waals surface area contributed by atoms with Crippen LogP contribution in [0, 0.1) is 0 Å². The number of halogens is 2. The summed E-state index contributed by atoms with van der Waals surface area (Å²) in [7, 11) is 1.44. The van der Waals surface area contributed by atoms with E-state index in [-0.39, 0.29) is 30.9 Å². The Morgan fingerprint density at radius 2 is 2.09 bits per heavy atom. The Hall–Kier alpha value is -2.03. The molecule has 1 atom stereocenters. The van der Waals surface area contributed by atoms with Gasteiger partial charge < -0.3 is 14.5 Å². The first kappa shape index (κ1) is 15.9. The third-order valence-electron chi connectivity index (χ3n) is 4.11. The second-order valence-electron chi connectivity index (χ2n) is 5.94. The smallest absolute Gasteiger partial charge is 0.282 e. The van der Waals surface area contributed by atoms with Crippen molar-refractivity contribution in [2.24, 2.45) is 0 Å². The molecule has 2 aliphatic rings. The van der Waals surface area contributed by atoms with Gasteiger partial charge in [-0.1, -0.05) is 0 Å². The summed E-state index contributed by atoms with van der Waals surface area (Å²) in [6.45, 7) is -0.387. The van der Waals surface area contributed by atoms with E-state index in [1.54, 1.807) is 21.8 Å². The number of methoxy groups -OCH3 is 1. The highest BCUT2D eigenvalue weighted by Gasteiger charge is 2.46. The number of nitrogens with zero attached hydrogens (tertiary/aromatic N) is 4. The largest absolute Gasteiger partial charge is 0.375 e. The fourth-order valence-corrected chi connectivity index (χ4v) is 2.96. The maximum atomic E-state index is 12.9. The standard InChI is InChI=1S/C14H18F2N4O3/c1-23-7-13(22)18-5-10-2-3-17-20(10)11(6-18)4-12(21)19-8-14(15,16)9-19/h2-3,11H,4-9H2,1H3/t11-/m1/s1. The van der Waals surface area contributed by atoms with Crippen molar-refractivity contribution in [1.29, 1.82) is 0 Å². The van der Waals surface area contributed by atoms with Crippen LogP contribution in [-0.2, 0) is 20.9 Å². The fraction of sp³-hybridized carbons (Fsp3) is 0.643. The van der Waals surface area contributed by atoms with Crippen LogP contribution in [-0.4, -0.2) is 70.7 Å². The van der Waals surface area contributed by atoms with Gasteiger partial charge in [0.05, 0.1) is 37.8 Å². The van der Waals surface area contributed by atoms with Crippen LogP contribution in [0.5, 0.6) is 0 Å². The minimum atomic E-state index is -2.78. The number of aromatic nitrogens is 2. The molecule has 0 aromatic carbocycles. The molecule has 0 saturated carbocycles. The van der Waals surface area contributed by atoms with Gasteiger partial charge in [-0.25, -0.2) is 8.78 Å². The molecule has 3 rings (SSSR count). The lowest BCUT2D eigenvalue weighted by molar-refractivity contribution is -0.167. The molecule has 126 valence electrons. The lowest BCUT2D eigenvalue weighted by Gasteiger charge is -2.40. The second kappa shape index (κ2) is 5.88. The number of amides is 2. The summed E-state index contributed by atoms with van der Waals surface area (Å²) in [4.78, 5) is 26.9. The molecule has 0 aliphatic carbocycles. The lowest BCUT2D eigenvalue weighted by atomic mass is 10.1. The maximum absolute atomic E-state index is 12.9. The van der Waals surface area contributed by atoms with E-state index in [0.29, 0.717) is 13.1 Å². The van der Waals surface area contributed by atoms with Crippen molar-refractivity contribution in [2.75, 3.05) is 33.4 Å². The molecule has 1 saturated heterocycles. The van der Waals surface area contributed by atoms with E-state index in [0.717, 1.165) is 10.6 Å². The lowest BCUT2D eigenvalue weighted by Crippen LogP contribution is -2.59. The summed E-state index contributed by atoms with van der Waals surface area (Å²) in [5.41, 5.74) is 0.812. The maximum Gasteiger partial charge on any atom is 0.282 e. The van der Waals surface area contributed by atoms with Crippen molar-refractivity contribution >= 4 is 11.8 Å². The van der Waals surface area contributed by atoms with Crippen molar-refractivity contribution in [3.8, 4) is 0 Å². The van der Waals surface area contributed by atoms with Crippen LogP contribution in [0.25, 0.3) is 0 Å². The van der Waals surface area contributed by atoms with Gasteiger partial charge in [-0.3, -0.25) is 14.3 Å². The minimum Gasteiger partial charge on any atom is -0.375 e. The van der Waals surface area contributed by atoms with Gasteiger partial charge in [0.2, 0.25) is 11.8 Å². The number of rotatable bonds is 4. The van der Waals surface area contributed by atoms with E-state index in [2.05, 4.69) is 5.10 Å². The molecule has 9 heteroatoms. The molecule has 0 unspecified atom stereocenters. The Kier molecular flexibility index (Phi) is 4.05. The molecule has 0 bridgehead atoms. The average molecular weight is 328 g/mol. The van der Waals surface area contributed by atoms with Crippen LogP contribution in [0.3, 0.4) is 0 Å².